The third-order valence-corrected chi connectivity index (χ3v) is 6.49. The monoisotopic (exact) mass is 476 g/mol. The summed E-state index contributed by atoms with van der Waals surface area (Å²) >= 11 is 0. The molecule has 2 aliphatic rings. The van der Waals surface area contributed by atoms with Crippen molar-refractivity contribution in [2.75, 3.05) is 26.6 Å². The molecule has 0 saturated heterocycles. The first-order valence-electron chi connectivity index (χ1n) is 11.0. The van der Waals surface area contributed by atoms with Crippen molar-refractivity contribution in [2.24, 2.45) is 0 Å². The number of aromatic carboxylic acids is 1. The number of ether oxygens (including phenoxy) is 3. The Bertz CT molecular complexity index is 1320. The Morgan fingerprint density at radius 1 is 1.03 bits per heavy atom. The van der Waals surface area contributed by atoms with E-state index < -0.39 is 12.0 Å². The Kier molecular flexibility index (Phi) is 5.64. The fraction of sp³-hybridized carbons (Fsp3) is 0.280. The summed E-state index contributed by atoms with van der Waals surface area (Å²) in [6.45, 7) is 0. The molecule has 1 aromatic heterocycles. The number of Topliss-reactive ketones (excluding diaryl/α,β-unsaturated/α-hetero) is 1. The number of rotatable bonds is 6. The molecule has 1 aliphatic carbocycles. The largest absolute Gasteiger partial charge is 0.493 e. The molecule has 2 N–H and O–H groups in total. The molecule has 0 amide bonds. The molecule has 3 aromatic rings. The van der Waals surface area contributed by atoms with Gasteiger partial charge in [-0.25, -0.2) is 9.48 Å². The Hall–Kier alpha value is -4.34. The van der Waals surface area contributed by atoms with Gasteiger partial charge in [0.1, 0.15) is 12.4 Å². The highest BCUT2D eigenvalue weighted by molar-refractivity contribution is 6.00. The number of hydrogen-bond donors (Lipinski definition) is 2. The summed E-state index contributed by atoms with van der Waals surface area (Å²) in [5, 5.41) is 16.9. The summed E-state index contributed by atoms with van der Waals surface area (Å²) in [4.78, 5) is 29.2. The van der Waals surface area contributed by atoms with E-state index in [9.17, 15) is 14.7 Å². The molecule has 0 fully saturated rings. The predicted molar refractivity (Wildman–Crippen MR) is 125 cm³/mol. The van der Waals surface area contributed by atoms with Crippen LogP contribution in [-0.4, -0.2) is 53.0 Å². The highest BCUT2D eigenvalue weighted by Crippen LogP contribution is 2.47. The number of allylic oxidation sites excluding steroid dienone is 2. The number of aromatic nitrogens is 3. The molecule has 0 spiro atoms. The fourth-order valence-corrected chi connectivity index (χ4v) is 4.84. The normalized spacial score (nSPS) is 18.9. The topological polar surface area (TPSA) is 125 Å². The van der Waals surface area contributed by atoms with Gasteiger partial charge in [-0.15, -0.1) is 0 Å². The van der Waals surface area contributed by atoms with Gasteiger partial charge in [-0.1, -0.05) is 12.1 Å². The van der Waals surface area contributed by atoms with Crippen molar-refractivity contribution in [1.29, 1.82) is 0 Å². The number of carboxylic acids is 1. The second kappa shape index (κ2) is 8.79. The second-order valence-corrected chi connectivity index (χ2v) is 8.36. The van der Waals surface area contributed by atoms with Crippen molar-refractivity contribution in [1.82, 2.24) is 14.8 Å². The van der Waals surface area contributed by atoms with Crippen LogP contribution in [0.2, 0.25) is 0 Å². The molecular formula is C25H24N4O6. The quantitative estimate of drug-likeness (QED) is 0.550. The highest BCUT2D eigenvalue weighted by Gasteiger charge is 2.39. The number of ketones is 1. The zero-order valence-electron chi connectivity index (χ0n) is 19.4. The van der Waals surface area contributed by atoms with Crippen LogP contribution < -0.4 is 19.5 Å². The minimum atomic E-state index is -1.01. The molecule has 2 aromatic carbocycles. The first kappa shape index (κ1) is 22.5. The molecular weight excluding hydrogens is 452 g/mol. The van der Waals surface area contributed by atoms with Crippen molar-refractivity contribution in [3.8, 4) is 17.2 Å². The minimum absolute atomic E-state index is 0.0223. The number of carbonyl (C=O) groups excluding carboxylic acids is 1. The van der Waals surface area contributed by atoms with Crippen molar-refractivity contribution >= 4 is 17.7 Å². The van der Waals surface area contributed by atoms with Crippen LogP contribution in [0.1, 0.15) is 46.3 Å². The van der Waals surface area contributed by atoms with Crippen molar-refractivity contribution < 1.29 is 28.9 Å². The zero-order valence-corrected chi connectivity index (χ0v) is 19.4. The molecule has 10 heteroatoms. The molecule has 10 nitrogen and oxygen atoms in total. The smallest absolute Gasteiger partial charge is 0.335 e. The van der Waals surface area contributed by atoms with Gasteiger partial charge in [-0.05, 0) is 47.7 Å². The van der Waals surface area contributed by atoms with Gasteiger partial charge in [0.25, 0.3) is 0 Å². The third kappa shape index (κ3) is 3.76. The first-order chi connectivity index (χ1) is 16.9. The number of nitrogens with zero attached hydrogens (tertiary/aromatic N) is 3. The molecule has 2 heterocycles. The van der Waals surface area contributed by atoms with Crippen molar-refractivity contribution in [3.63, 3.8) is 0 Å². The van der Waals surface area contributed by atoms with Gasteiger partial charge in [-0.3, -0.25) is 4.79 Å². The van der Waals surface area contributed by atoms with Crippen LogP contribution in [-0.2, 0) is 4.79 Å². The molecule has 1 aliphatic heterocycles. The van der Waals surface area contributed by atoms with Gasteiger partial charge >= 0.3 is 5.97 Å². The van der Waals surface area contributed by atoms with E-state index in [0.29, 0.717) is 35.2 Å². The highest BCUT2D eigenvalue weighted by atomic mass is 16.5. The number of hydrogen-bond acceptors (Lipinski definition) is 8. The van der Waals surface area contributed by atoms with E-state index in [0.717, 1.165) is 16.8 Å². The van der Waals surface area contributed by atoms with E-state index in [1.54, 1.807) is 38.1 Å². The Labute approximate surface area is 201 Å². The van der Waals surface area contributed by atoms with E-state index >= 15 is 0 Å². The molecule has 5 rings (SSSR count). The summed E-state index contributed by atoms with van der Waals surface area (Å²) in [5.41, 5.74) is 3.21. The minimum Gasteiger partial charge on any atom is -0.493 e. The Morgan fingerprint density at radius 2 is 1.71 bits per heavy atom. The van der Waals surface area contributed by atoms with E-state index in [2.05, 4.69) is 15.4 Å². The van der Waals surface area contributed by atoms with Crippen LogP contribution >= 0.6 is 0 Å². The molecule has 2 unspecified atom stereocenters. The summed E-state index contributed by atoms with van der Waals surface area (Å²) in [7, 11) is 4.67. The van der Waals surface area contributed by atoms with E-state index in [1.807, 2.05) is 12.1 Å². The molecule has 0 radical (unpaired) electrons. The number of fused-ring (bicyclic) bond motifs is 1. The van der Waals surface area contributed by atoms with Gasteiger partial charge < -0.3 is 24.6 Å². The molecule has 2 atom stereocenters. The van der Waals surface area contributed by atoms with E-state index in [1.165, 1.54) is 18.5 Å². The lowest BCUT2D eigenvalue weighted by Crippen LogP contribution is -2.33. The Balaban J connectivity index is 1.56. The van der Waals surface area contributed by atoms with Gasteiger partial charge in [0.05, 0.1) is 26.9 Å². The zero-order chi connectivity index (χ0) is 24.7. The first-order valence-corrected chi connectivity index (χ1v) is 11.0. The van der Waals surface area contributed by atoms with Crippen LogP contribution in [0.25, 0.3) is 0 Å². The van der Waals surface area contributed by atoms with Crippen molar-refractivity contribution in [2.45, 2.75) is 24.8 Å². The standard InChI is InChI=1S/C25H24N4O6/c1-33-19-10-16(11-20(34-2)23(19)35-3)15-8-17-21(18(30)9-15)22(29-25(28-17)26-12-27-29)13-4-6-14(7-5-13)24(31)32/h4-7,10-12,15,22H,8-9H2,1-3H3,(H,31,32)(H,26,27,28). The van der Waals surface area contributed by atoms with Gasteiger partial charge in [-0.2, -0.15) is 10.1 Å². The third-order valence-electron chi connectivity index (χ3n) is 6.49. The number of carboxylic acid groups (broad SMARTS) is 1. The SMILES string of the molecule is COc1cc(C2CC(=O)C3=C(C2)Nc2ncnn2C3c2ccc(C(=O)O)cc2)cc(OC)c1OC. The summed E-state index contributed by atoms with van der Waals surface area (Å²) in [5.74, 6) is 0.927. The number of benzene rings is 2. The Morgan fingerprint density at radius 3 is 2.31 bits per heavy atom. The average Bonchev–Trinajstić information content (AvgIpc) is 3.34. The molecule has 0 bridgehead atoms. The van der Waals surface area contributed by atoms with Crippen LogP contribution in [0.15, 0.2) is 54.0 Å². The summed E-state index contributed by atoms with van der Waals surface area (Å²) < 4.78 is 18.1. The maximum Gasteiger partial charge on any atom is 0.335 e. The maximum absolute atomic E-state index is 13.6. The average molecular weight is 476 g/mol. The molecule has 0 saturated carbocycles. The van der Waals surface area contributed by atoms with Gasteiger partial charge in [0.15, 0.2) is 17.3 Å². The number of anilines is 1. The van der Waals surface area contributed by atoms with Crippen LogP contribution in [0.4, 0.5) is 5.95 Å². The second-order valence-electron chi connectivity index (χ2n) is 8.36. The molecule has 180 valence electrons. The van der Waals surface area contributed by atoms with Gasteiger partial charge in [0, 0.05) is 17.7 Å². The van der Waals surface area contributed by atoms with E-state index in [-0.39, 0.29) is 23.7 Å². The number of carbonyl (C=O) groups is 2. The lowest BCUT2D eigenvalue weighted by Gasteiger charge is -2.35. The number of nitrogens with one attached hydrogen (secondary N) is 1. The lowest BCUT2D eigenvalue weighted by atomic mass is 9.77. The number of methoxy groups -OCH3 is 3. The van der Waals surface area contributed by atoms with Gasteiger partial charge in [0.2, 0.25) is 11.7 Å². The molecule has 35 heavy (non-hydrogen) atoms. The summed E-state index contributed by atoms with van der Waals surface area (Å²) in [6, 6.07) is 9.74. The fourth-order valence-electron chi connectivity index (χ4n) is 4.84. The lowest BCUT2D eigenvalue weighted by molar-refractivity contribution is -0.116. The maximum atomic E-state index is 13.6. The summed E-state index contributed by atoms with van der Waals surface area (Å²) in [6.07, 6.45) is 2.28. The predicted octanol–water partition coefficient (Wildman–Crippen LogP) is 3.42. The van der Waals surface area contributed by atoms with Crippen molar-refractivity contribution in [3.05, 3.63) is 70.7 Å². The van der Waals surface area contributed by atoms with E-state index in [4.69, 9.17) is 14.2 Å². The van der Waals surface area contributed by atoms with Crippen LogP contribution in [0, 0.1) is 0 Å². The van der Waals surface area contributed by atoms with Crippen LogP contribution in [0.3, 0.4) is 0 Å². The van der Waals surface area contributed by atoms with Crippen LogP contribution in [0.5, 0.6) is 17.2 Å².